The number of benzene rings is 1. The van der Waals surface area contributed by atoms with E-state index < -0.39 is 0 Å². The number of aromatic amines is 1. The Morgan fingerprint density at radius 3 is 2.57 bits per heavy atom. The molecule has 2 heteroatoms. The van der Waals surface area contributed by atoms with Gasteiger partial charge in [0.05, 0.1) is 5.52 Å². The van der Waals surface area contributed by atoms with E-state index in [1.165, 1.54) is 5.56 Å². The molecule has 0 bridgehead atoms. The Balaban J connectivity index is 0.00000112. The lowest BCUT2D eigenvalue weighted by atomic mass is 10.0. The third kappa shape index (κ3) is 1.23. The summed E-state index contributed by atoms with van der Waals surface area (Å²) in [5.74, 6) is 0. The molecule has 2 aromatic rings. The lowest BCUT2D eigenvalue weighted by Crippen LogP contribution is -2.06. The van der Waals surface area contributed by atoms with E-state index in [0.717, 1.165) is 22.0 Å². The number of nitrogens with one attached hydrogen (secondary N) is 1. The molecule has 1 aromatic carbocycles. The van der Waals surface area contributed by atoms with Crippen molar-refractivity contribution in [3.05, 3.63) is 45.2 Å². The number of H-pyrrole nitrogens is 1. The van der Waals surface area contributed by atoms with Crippen LogP contribution in [0.2, 0.25) is 0 Å². The summed E-state index contributed by atoms with van der Waals surface area (Å²) < 4.78 is 0. The molecule has 0 atom stereocenters. The van der Waals surface area contributed by atoms with Gasteiger partial charge in [-0.2, -0.15) is 0 Å². The highest BCUT2D eigenvalue weighted by molar-refractivity contribution is 5.85. The minimum atomic E-state index is -0.0244. The molecule has 0 unspecified atom stereocenters. The summed E-state index contributed by atoms with van der Waals surface area (Å²) in [5, 5.41) is 1.13. The summed E-state index contributed by atoms with van der Waals surface area (Å²) >= 11 is 0. The Bertz CT molecular complexity index is 557. The zero-order valence-corrected chi connectivity index (χ0v) is 8.64. The second-order valence-corrected chi connectivity index (χ2v) is 3.75. The highest BCUT2D eigenvalue weighted by Crippen LogP contribution is 2.20. The van der Waals surface area contributed by atoms with Gasteiger partial charge >= 0.3 is 0 Å². The van der Waals surface area contributed by atoms with E-state index in [-0.39, 0.29) is 6.99 Å². The largest absolute Gasteiger partial charge is 0.322 e. The van der Waals surface area contributed by atoms with Gasteiger partial charge in [0.2, 0.25) is 5.56 Å². The summed E-state index contributed by atoms with van der Waals surface area (Å²) in [6, 6.07) is 5.78. The van der Waals surface area contributed by atoms with E-state index in [0.29, 0.717) is 0 Å². The maximum Gasteiger partial charge on any atom is 0.248 e. The first-order valence-corrected chi connectivity index (χ1v) is 4.69. The van der Waals surface area contributed by atoms with E-state index in [2.05, 4.69) is 24.0 Å². The van der Waals surface area contributed by atoms with Gasteiger partial charge in [0, 0.05) is 12.9 Å². The molecule has 2 nitrogen and oxygen atoms in total. The van der Waals surface area contributed by atoms with Gasteiger partial charge in [-0.15, -0.1) is 0 Å². The van der Waals surface area contributed by atoms with E-state index in [1.54, 1.807) is 6.07 Å². The molecule has 0 amide bonds. The third-order valence-corrected chi connectivity index (χ3v) is 2.76. The zero-order valence-electron chi connectivity index (χ0n) is 8.64. The summed E-state index contributed by atoms with van der Waals surface area (Å²) in [6.45, 7) is 6.05. The molecule has 0 saturated carbocycles. The smallest absolute Gasteiger partial charge is 0.248 e. The van der Waals surface area contributed by atoms with Crippen LogP contribution in [0.15, 0.2) is 23.0 Å². The predicted octanol–water partition coefficient (Wildman–Crippen LogP) is 2.70. The lowest BCUT2D eigenvalue weighted by Gasteiger charge is -2.06. The number of aromatic nitrogens is 1. The van der Waals surface area contributed by atoms with Crippen LogP contribution >= 0.6 is 0 Å². The maximum atomic E-state index is 11.3. The topological polar surface area (TPSA) is 32.9 Å². The lowest BCUT2D eigenvalue weighted by molar-refractivity contribution is 1.24. The van der Waals surface area contributed by atoms with Crippen molar-refractivity contribution in [2.45, 2.75) is 20.8 Å². The van der Waals surface area contributed by atoms with Gasteiger partial charge in [-0.1, -0.05) is 12.1 Å². The molecule has 0 spiro atoms. The number of hydrogen-bond acceptors (Lipinski definition) is 1. The Hall–Kier alpha value is -1.57. The van der Waals surface area contributed by atoms with Crippen LogP contribution in [-0.2, 0) is 0 Å². The van der Waals surface area contributed by atoms with Crippen LogP contribution in [0.25, 0.3) is 10.9 Å². The number of fused-ring (bicyclic) bond motifs is 1. The highest BCUT2D eigenvalue weighted by Gasteiger charge is 2.03. The van der Waals surface area contributed by atoms with Crippen LogP contribution < -0.4 is 5.56 Å². The van der Waals surface area contributed by atoms with Crippen LogP contribution in [0, 0.1) is 20.8 Å². The van der Waals surface area contributed by atoms with Gasteiger partial charge in [-0.25, -0.2) is 0 Å². The van der Waals surface area contributed by atoms with Gasteiger partial charge < -0.3 is 4.98 Å². The Morgan fingerprint density at radius 1 is 1.14 bits per heavy atom. The zero-order chi connectivity index (χ0) is 10.3. The second kappa shape index (κ2) is 2.98. The Morgan fingerprint density at radius 2 is 1.86 bits per heavy atom. The summed E-state index contributed by atoms with van der Waals surface area (Å²) in [5.41, 5.74) is 4.34. The summed E-state index contributed by atoms with van der Waals surface area (Å²) in [7, 11) is 0. The standard InChI is InChI=1S/C12H13NO.H2/c1-7-4-5-10-8(2)6-11(14)13-12(10)9(7)3;/h4-6H,1-3H3,(H,13,14);1H. The first kappa shape index (κ1) is 9.00. The minimum absolute atomic E-state index is 0. The molecule has 0 saturated heterocycles. The average Bonchev–Trinajstić information content (AvgIpc) is 2.12. The molecule has 0 fully saturated rings. The molecular formula is C12H15NO. The molecule has 0 aliphatic carbocycles. The number of aryl methyl sites for hydroxylation is 3. The molecule has 0 aliphatic heterocycles. The van der Waals surface area contributed by atoms with Crippen molar-refractivity contribution in [1.82, 2.24) is 4.98 Å². The molecule has 14 heavy (non-hydrogen) atoms. The molecule has 1 aromatic heterocycles. The monoisotopic (exact) mass is 189 g/mol. The van der Waals surface area contributed by atoms with Gasteiger partial charge in [0.25, 0.3) is 0 Å². The summed E-state index contributed by atoms with van der Waals surface area (Å²) in [6.07, 6.45) is 0. The van der Waals surface area contributed by atoms with Crippen molar-refractivity contribution in [3.8, 4) is 0 Å². The molecule has 2 rings (SSSR count). The first-order chi connectivity index (χ1) is 6.59. The Labute approximate surface area is 84.1 Å². The van der Waals surface area contributed by atoms with Gasteiger partial charge in [-0.3, -0.25) is 4.79 Å². The molecule has 74 valence electrons. The number of pyridine rings is 1. The summed E-state index contributed by atoms with van der Waals surface area (Å²) in [4.78, 5) is 14.2. The van der Waals surface area contributed by atoms with Crippen molar-refractivity contribution in [1.29, 1.82) is 0 Å². The van der Waals surface area contributed by atoms with Crippen LogP contribution in [-0.4, -0.2) is 4.98 Å². The number of rotatable bonds is 0. The van der Waals surface area contributed by atoms with E-state index >= 15 is 0 Å². The van der Waals surface area contributed by atoms with Gasteiger partial charge in [0.15, 0.2) is 0 Å². The predicted molar refractivity (Wildman–Crippen MR) is 60.9 cm³/mol. The van der Waals surface area contributed by atoms with Crippen molar-refractivity contribution in [3.63, 3.8) is 0 Å². The van der Waals surface area contributed by atoms with Crippen molar-refractivity contribution in [2.75, 3.05) is 0 Å². The fourth-order valence-corrected chi connectivity index (χ4v) is 1.74. The molecule has 1 heterocycles. The molecule has 0 radical (unpaired) electrons. The fourth-order valence-electron chi connectivity index (χ4n) is 1.74. The Kier molecular flexibility index (Phi) is 1.92. The second-order valence-electron chi connectivity index (χ2n) is 3.75. The maximum absolute atomic E-state index is 11.3. The van der Waals surface area contributed by atoms with E-state index in [9.17, 15) is 4.79 Å². The van der Waals surface area contributed by atoms with Crippen LogP contribution in [0.4, 0.5) is 0 Å². The van der Waals surface area contributed by atoms with Gasteiger partial charge in [0.1, 0.15) is 0 Å². The van der Waals surface area contributed by atoms with Crippen molar-refractivity contribution >= 4 is 10.9 Å². The SMILES string of the molecule is Cc1ccc2c(C)cc(=O)[nH]c2c1C.[HH]. The van der Waals surface area contributed by atoms with Crippen LogP contribution in [0.5, 0.6) is 0 Å². The molecular weight excluding hydrogens is 174 g/mol. The van der Waals surface area contributed by atoms with Gasteiger partial charge in [-0.05, 0) is 37.5 Å². The quantitative estimate of drug-likeness (QED) is 0.679. The number of hydrogen-bond donors (Lipinski definition) is 1. The highest BCUT2D eigenvalue weighted by atomic mass is 16.1. The fraction of sp³-hybridized carbons (Fsp3) is 0.250. The van der Waals surface area contributed by atoms with Crippen LogP contribution in [0.3, 0.4) is 0 Å². The average molecular weight is 189 g/mol. The first-order valence-electron chi connectivity index (χ1n) is 4.69. The third-order valence-electron chi connectivity index (χ3n) is 2.76. The molecule has 1 N–H and O–H groups in total. The minimum Gasteiger partial charge on any atom is -0.322 e. The van der Waals surface area contributed by atoms with E-state index in [1.807, 2.05) is 13.8 Å². The van der Waals surface area contributed by atoms with E-state index in [4.69, 9.17) is 0 Å². The van der Waals surface area contributed by atoms with Crippen molar-refractivity contribution < 1.29 is 1.43 Å². The van der Waals surface area contributed by atoms with Crippen LogP contribution in [0.1, 0.15) is 18.1 Å². The normalized spacial score (nSPS) is 10.8. The molecule has 0 aliphatic rings. The van der Waals surface area contributed by atoms with Crippen molar-refractivity contribution in [2.24, 2.45) is 0 Å².